The molecule has 35 heavy (non-hydrogen) atoms. The van der Waals surface area contributed by atoms with Gasteiger partial charge >= 0.3 is 0 Å². The molecule has 1 aliphatic carbocycles. The van der Waals surface area contributed by atoms with Crippen LogP contribution in [0.4, 0.5) is 4.39 Å². The molecule has 2 aliphatic rings. The van der Waals surface area contributed by atoms with Gasteiger partial charge in [-0.1, -0.05) is 23.7 Å². The molecule has 0 unspecified atom stereocenters. The molecule has 0 bridgehead atoms. The summed E-state index contributed by atoms with van der Waals surface area (Å²) in [5.41, 5.74) is 3.15. The Labute approximate surface area is 213 Å². The van der Waals surface area contributed by atoms with Crippen LogP contribution in [-0.2, 0) is 16.7 Å². The predicted octanol–water partition coefficient (Wildman–Crippen LogP) is 7.15. The molecule has 0 spiro atoms. The van der Waals surface area contributed by atoms with Gasteiger partial charge in [0, 0.05) is 39.7 Å². The number of hydrogen-bond acceptors (Lipinski definition) is 3. The summed E-state index contributed by atoms with van der Waals surface area (Å²) in [4.78, 5) is 2.53. The second kappa shape index (κ2) is 9.49. The van der Waals surface area contributed by atoms with E-state index in [0.29, 0.717) is 11.6 Å². The van der Waals surface area contributed by atoms with E-state index in [1.54, 1.807) is 12.1 Å². The SMILES string of the molecule is C[C@@H](OCC1(c2ccc(F)cc2)CCN(C(C)(C)C)CC1)c1cc(Cl)cc2cn(CC3CC3)nc12. The van der Waals surface area contributed by atoms with Crippen molar-refractivity contribution in [1.29, 1.82) is 0 Å². The van der Waals surface area contributed by atoms with Crippen molar-refractivity contribution in [2.24, 2.45) is 5.92 Å². The van der Waals surface area contributed by atoms with E-state index >= 15 is 0 Å². The van der Waals surface area contributed by atoms with E-state index in [1.165, 1.54) is 12.8 Å². The molecule has 6 heteroatoms. The first-order valence-electron chi connectivity index (χ1n) is 12.9. The Morgan fingerprint density at radius 1 is 1.14 bits per heavy atom. The van der Waals surface area contributed by atoms with Crippen molar-refractivity contribution >= 4 is 22.5 Å². The Kier molecular flexibility index (Phi) is 6.71. The average Bonchev–Trinajstić information content (AvgIpc) is 3.54. The maximum absolute atomic E-state index is 13.7. The van der Waals surface area contributed by atoms with Crippen molar-refractivity contribution in [2.45, 2.75) is 77.0 Å². The Morgan fingerprint density at radius 3 is 2.46 bits per heavy atom. The number of nitrogens with zero attached hydrogens (tertiary/aromatic N) is 3. The molecule has 2 aromatic carbocycles. The van der Waals surface area contributed by atoms with Crippen LogP contribution in [0.5, 0.6) is 0 Å². The number of ether oxygens (including phenoxy) is 1. The number of aromatic nitrogens is 2. The van der Waals surface area contributed by atoms with Gasteiger partial charge in [0.15, 0.2) is 0 Å². The Morgan fingerprint density at radius 2 is 1.83 bits per heavy atom. The second-order valence-corrected chi connectivity index (χ2v) is 12.1. The molecule has 1 saturated heterocycles. The van der Waals surface area contributed by atoms with E-state index in [2.05, 4.69) is 43.5 Å². The first kappa shape index (κ1) is 24.7. The summed E-state index contributed by atoms with van der Waals surface area (Å²) in [6.07, 6.45) is 6.49. The van der Waals surface area contributed by atoms with Gasteiger partial charge in [-0.3, -0.25) is 9.58 Å². The summed E-state index contributed by atoms with van der Waals surface area (Å²) in [5.74, 6) is 0.555. The van der Waals surface area contributed by atoms with Crippen molar-refractivity contribution in [2.75, 3.05) is 19.7 Å². The van der Waals surface area contributed by atoms with Crippen LogP contribution < -0.4 is 0 Å². The number of likely N-dealkylation sites (tertiary alicyclic amines) is 1. The monoisotopic (exact) mass is 497 g/mol. The van der Waals surface area contributed by atoms with E-state index in [4.69, 9.17) is 21.4 Å². The van der Waals surface area contributed by atoms with Crippen molar-refractivity contribution in [3.8, 4) is 0 Å². The molecular formula is C29H37ClFN3O. The lowest BCUT2D eigenvalue weighted by Gasteiger charge is -2.47. The lowest BCUT2D eigenvalue weighted by Crippen LogP contribution is -2.51. The third kappa shape index (κ3) is 5.42. The fourth-order valence-electron chi connectivity index (χ4n) is 5.44. The summed E-state index contributed by atoms with van der Waals surface area (Å²) >= 11 is 6.51. The van der Waals surface area contributed by atoms with E-state index in [0.717, 1.165) is 60.4 Å². The van der Waals surface area contributed by atoms with Crippen LogP contribution >= 0.6 is 11.6 Å². The first-order valence-corrected chi connectivity index (χ1v) is 13.3. The summed E-state index contributed by atoms with van der Waals surface area (Å²) in [5, 5.41) is 6.68. The molecule has 5 rings (SSSR count). The fourth-order valence-corrected chi connectivity index (χ4v) is 5.68. The first-order chi connectivity index (χ1) is 16.6. The molecule has 1 aliphatic heterocycles. The van der Waals surface area contributed by atoms with Gasteiger partial charge in [0.05, 0.1) is 18.2 Å². The van der Waals surface area contributed by atoms with Gasteiger partial charge < -0.3 is 4.74 Å². The number of benzene rings is 2. The van der Waals surface area contributed by atoms with Gasteiger partial charge in [0.1, 0.15) is 5.82 Å². The predicted molar refractivity (Wildman–Crippen MR) is 140 cm³/mol. The molecule has 1 atom stereocenters. The van der Waals surface area contributed by atoms with Gasteiger partial charge in [-0.05, 0) is 102 Å². The Bertz CT molecular complexity index is 1170. The van der Waals surface area contributed by atoms with Gasteiger partial charge in [-0.15, -0.1) is 0 Å². The third-order valence-electron chi connectivity index (χ3n) is 7.97. The minimum Gasteiger partial charge on any atom is -0.373 e. The van der Waals surface area contributed by atoms with Crippen LogP contribution in [0.1, 0.15) is 70.6 Å². The molecule has 188 valence electrons. The molecule has 2 fully saturated rings. The van der Waals surface area contributed by atoms with Crippen LogP contribution in [-0.4, -0.2) is 39.9 Å². The maximum Gasteiger partial charge on any atom is 0.123 e. The van der Waals surface area contributed by atoms with Crippen molar-refractivity contribution in [1.82, 2.24) is 14.7 Å². The molecular weight excluding hydrogens is 461 g/mol. The molecule has 4 nitrogen and oxygen atoms in total. The number of rotatable bonds is 7. The van der Waals surface area contributed by atoms with E-state index in [1.807, 2.05) is 24.3 Å². The van der Waals surface area contributed by atoms with Crippen LogP contribution in [0.15, 0.2) is 42.6 Å². The molecule has 0 N–H and O–H groups in total. The highest BCUT2D eigenvalue weighted by atomic mass is 35.5. The van der Waals surface area contributed by atoms with Crippen LogP contribution in [0.2, 0.25) is 5.02 Å². The van der Waals surface area contributed by atoms with Crippen molar-refractivity contribution < 1.29 is 9.13 Å². The standard InChI is InChI=1S/C29H37ClFN3O/c1-20(26-16-24(30)15-22-18-34(32-27(22)26)17-21-5-6-21)35-19-29(23-7-9-25(31)10-8-23)11-13-33(14-12-29)28(2,3)4/h7-10,15-16,18,20-21H,5-6,11-14,17,19H2,1-4H3/t20-/m1/s1. The molecule has 3 aromatic rings. The van der Waals surface area contributed by atoms with Crippen LogP contribution in [0, 0.1) is 11.7 Å². The summed E-state index contributed by atoms with van der Waals surface area (Å²) in [7, 11) is 0. The molecule has 1 saturated carbocycles. The smallest absolute Gasteiger partial charge is 0.123 e. The lowest BCUT2D eigenvalue weighted by atomic mass is 9.72. The van der Waals surface area contributed by atoms with E-state index in [9.17, 15) is 4.39 Å². The largest absolute Gasteiger partial charge is 0.373 e. The average molecular weight is 498 g/mol. The van der Waals surface area contributed by atoms with E-state index in [-0.39, 0.29) is 22.9 Å². The molecule has 0 amide bonds. The quantitative estimate of drug-likeness (QED) is 0.347. The molecule has 2 heterocycles. The molecule has 0 radical (unpaired) electrons. The van der Waals surface area contributed by atoms with Crippen LogP contribution in [0.3, 0.4) is 0 Å². The van der Waals surface area contributed by atoms with Crippen LogP contribution in [0.25, 0.3) is 10.9 Å². The van der Waals surface area contributed by atoms with Crippen molar-refractivity contribution in [3.05, 3.63) is 64.6 Å². The highest BCUT2D eigenvalue weighted by Crippen LogP contribution is 2.40. The zero-order valence-electron chi connectivity index (χ0n) is 21.4. The number of piperidine rings is 1. The van der Waals surface area contributed by atoms with E-state index < -0.39 is 0 Å². The van der Waals surface area contributed by atoms with Gasteiger partial charge in [-0.2, -0.15) is 5.10 Å². The maximum atomic E-state index is 13.7. The highest BCUT2D eigenvalue weighted by molar-refractivity contribution is 6.31. The molecule has 1 aromatic heterocycles. The second-order valence-electron chi connectivity index (χ2n) is 11.6. The van der Waals surface area contributed by atoms with Gasteiger partial charge in [-0.25, -0.2) is 4.39 Å². The lowest BCUT2D eigenvalue weighted by molar-refractivity contribution is -0.00918. The highest BCUT2D eigenvalue weighted by Gasteiger charge is 2.39. The number of halogens is 2. The number of fused-ring (bicyclic) bond motifs is 1. The minimum atomic E-state index is -0.201. The summed E-state index contributed by atoms with van der Waals surface area (Å²) in [6.45, 7) is 12.4. The zero-order chi connectivity index (χ0) is 24.8. The summed E-state index contributed by atoms with van der Waals surface area (Å²) in [6, 6.07) is 11.0. The zero-order valence-corrected chi connectivity index (χ0v) is 22.1. The van der Waals surface area contributed by atoms with Gasteiger partial charge in [0.2, 0.25) is 0 Å². The number of hydrogen-bond donors (Lipinski definition) is 0. The summed E-state index contributed by atoms with van der Waals surface area (Å²) < 4.78 is 22.4. The Hall–Kier alpha value is -1.95. The fraction of sp³-hybridized carbons (Fsp3) is 0.552. The van der Waals surface area contributed by atoms with Gasteiger partial charge in [0.25, 0.3) is 0 Å². The van der Waals surface area contributed by atoms with Crippen molar-refractivity contribution in [3.63, 3.8) is 0 Å². The third-order valence-corrected chi connectivity index (χ3v) is 8.18. The minimum absolute atomic E-state index is 0.134. The normalized spacial score (nSPS) is 19.8. The Balaban J connectivity index is 1.38. The topological polar surface area (TPSA) is 30.3 Å².